The predicted molar refractivity (Wildman–Crippen MR) is 105 cm³/mol. The Morgan fingerprint density at radius 1 is 1.22 bits per heavy atom. The molecule has 2 rings (SSSR count). The molecule has 23 heavy (non-hydrogen) atoms. The van der Waals surface area contributed by atoms with Gasteiger partial charge in [-0.15, -0.1) is 35.3 Å². The largest absolute Gasteiger partial charge is 0.443 e. The summed E-state index contributed by atoms with van der Waals surface area (Å²) in [6.07, 6.45) is 3.66. The van der Waals surface area contributed by atoms with E-state index in [0.29, 0.717) is 24.9 Å². The lowest BCUT2D eigenvalue weighted by atomic mass is 9.94. The molecule has 0 aromatic carbocycles. The second-order valence-electron chi connectivity index (χ2n) is 6.01. The predicted octanol–water partition coefficient (Wildman–Crippen LogP) is 3.22. The molecule has 0 amide bonds. The zero-order valence-electron chi connectivity index (χ0n) is 14.1. The van der Waals surface area contributed by atoms with Crippen LogP contribution in [0.5, 0.6) is 0 Å². The van der Waals surface area contributed by atoms with Crippen LogP contribution < -0.4 is 10.6 Å². The van der Waals surface area contributed by atoms with E-state index >= 15 is 0 Å². The third-order valence-corrected chi connectivity index (χ3v) is 3.91. The van der Waals surface area contributed by atoms with Crippen molar-refractivity contribution in [2.45, 2.75) is 46.2 Å². The van der Waals surface area contributed by atoms with E-state index in [1.807, 2.05) is 13.1 Å². The first-order valence-corrected chi connectivity index (χ1v) is 8.01. The summed E-state index contributed by atoms with van der Waals surface area (Å²) >= 11 is 1.67. The van der Waals surface area contributed by atoms with Crippen LogP contribution in [-0.4, -0.2) is 23.0 Å². The smallest absolute Gasteiger partial charge is 0.213 e. The van der Waals surface area contributed by atoms with E-state index in [1.165, 1.54) is 4.88 Å². The Hall–Kier alpha value is -1.16. The normalized spacial score (nSPS) is 12.0. The fourth-order valence-electron chi connectivity index (χ4n) is 1.76. The van der Waals surface area contributed by atoms with Crippen molar-refractivity contribution in [1.29, 1.82) is 0 Å². The van der Waals surface area contributed by atoms with Crippen LogP contribution in [0.15, 0.2) is 21.8 Å². The summed E-state index contributed by atoms with van der Waals surface area (Å²) in [6, 6.07) is 0. The first kappa shape index (κ1) is 19.9. The first-order valence-electron chi connectivity index (χ1n) is 7.19. The highest BCUT2D eigenvalue weighted by Crippen LogP contribution is 2.22. The number of nitrogens with one attached hydrogen (secondary N) is 2. The topological polar surface area (TPSA) is 75.3 Å². The van der Waals surface area contributed by atoms with Gasteiger partial charge in [0.1, 0.15) is 10.8 Å². The highest BCUT2D eigenvalue weighted by molar-refractivity contribution is 14.0. The molecule has 6 nitrogen and oxygen atoms in total. The lowest BCUT2D eigenvalue weighted by molar-refractivity contribution is 0.379. The second kappa shape index (κ2) is 8.62. The average Bonchev–Trinajstić information content (AvgIpc) is 3.07. The summed E-state index contributed by atoms with van der Waals surface area (Å²) in [5, 5.41) is 7.44. The molecule has 2 N–H and O–H groups in total. The van der Waals surface area contributed by atoms with Crippen LogP contribution in [0.1, 0.15) is 42.3 Å². The van der Waals surface area contributed by atoms with E-state index in [0.717, 1.165) is 10.8 Å². The maximum Gasteiger partial charge on any atom is 0.213 e. The van der Waals surface area contributed by atoms with Crippen LogP contribution in [0, 0.1) is 6.92 Å². The average molecular weight is 449 g/mol. The van der Waals surface area contributed by atoms with Gasteiger partial charge in [-0.25, -0.2) is 9.97 Å². The van der Waals surface area contributed by atoms with Crippen LogP contribution in [0.4, 0.5) is 0 Å². The molecule has 0 saturated heterocycles. The summed E-state index contributed by atoms with van der Waals surface area (Å²) in [4.78, 5) is 14.0. The third kappa shape index (κ3) is 6.09. The Kier molecular flexibility index (Phi) is 7.46. The number of aliphatic imine (C=N–C) groups is 1. The van der Waals surface area contributed by atoms with Crippen LogP contribution in [-0.2, 0) is 18.5 Å². The molecule has 2 heterocycles. The quantitative estimate of drug-likeness (QED) is 0.426. The van der Waals surface area contributed by atoms with E-state index < -0.39 is 0 Å². The number of thiazole rings is 1. The lowest BCUT2D eigenvalue weighted by Crippen LogP contribution is -2.36. The number of hydrogen-bond donors (Lipinski definition) is 2. The molecule has 0 fully saturated rings. The van der Waals surface area contributed by atoms with E-state index in [2.05, 4.69) is 46.4 Å². The van der Waals surface area contributed by atoms with Crippen molar-refractivity contribution in [2.24, 2.45) is 4.99 Å². The Morgan fingerprint density at radius 2 is 1.91 bits per heavy atom. The third-order valence-electron chi connectivity index (χ3n) is 3.00. The van der Waals surface area contributed by atoms with Gasteiger partial charge in [0.15, 0.2) is 5.96 Å². The Morgan fingerprint density at radius 3 is 2.43 bits per heavy atom. The molecular formula is C15H24IN5OS. The van der Waals surface area contributed by atoms with Gasteiger partial charge in [-0.3, -0.25) is 4.99 Å². The van der Waals surface area contributed by atoms with E-state index in [4.69, 9.17) is 4.42 Å². The Balaban J connectivity index is 0.00000264. The van der Waals surface area contributed by atoms with Crippen LogP contribution in [0.2, 0.25) is 0 Å². The van der Waals surface area contributed by atoms with Gasteiger partial charge >= 0.3 is 0 Å². The number of halogens is 1. The molecular weight excluding hydrogens is 425 g/mol. The zero-order valence-corrected chi connectivity index (χ0v) is 17.3. The Labute approximate surface area is 158 Å². The van der Waals surface area contributed by atoms with Crippen molar-refractivity contribution < 1.29 is 4.42 Å². The number of hydrogen-bond acceptors (Lipinski definition) is 5. The van der Waals surface area contributed by atoms with Crippen molar-refractivity contribution in [3.8, 4) is 0 Å². The summed E-state index contributed by atoms with van der Waals surface area (Å²) in [6.45, 7) is 9.48. The molecule has 0 aliphatic rings. The van der Waals surface area contributed by atoms with Crippen molar-refractivity contribution in [1.82, 2.24) is 20.6 Å². The number of aryl methyl sites for hydroxylation is 1. The van der Waals surface area contributed by atoms with Crippen LogP contribution in [0.3, 0.4) is 0 Å². The van der Waals surface area contributed by atoms with Gasteiger partial charge in [0, 0.05) is 23.5 Å². The standard InChI is InChI=1S/C15H23N5OS.HI/c1-10-6-18-13(22-10)9-20-14(16-5)19-8-12-17-7-11(21-12)15(2,3)4;/h6-7H,8-9H2,1-5H3,(H2,16,19,20);1H. The zero-order chi connectivity index (χ0) is 16.2. The summed E-state index contributed by atoms with van der Waals surface area (Å²) < 4.78 is 5.74. The molecule has 0 bridgehead atoms. The van der Waals surface area contributed by atoms with Gasteiger partial charge in [0.25, 0.3) is 0 Å². The number of guanidine groups is 1. The number of oxazole rings is 1. The summed E-state index contributed by atoms with van der Waals surface area (Å²) in [5.74, 6) is 2.23. The summed E-state index contributed by atoms with van der Waals surface area (Å²) in [5.41, 5.74) is -0.0339. The van der Waals surface area contributed by atoms with E-state index in [-0.39, 0.29) is 29.4 Å². The molecule has 8 heteroatoms. The SMILES string of the molecule is CN=C(NCc1ncc(C(C)(C)C)o1)NCc1ncc(C)s1.I. The van der Waals surface area contributed by atoms with Crippen LogP contribution >= 0.6 is 35.3 Å². The number of rotatable bonds is 4. The van der Waals surface area contributed by atoms with Gasteiger partial charge in [-0.05, 0) is 6.92 Å². The second-order valence-corrected chi connectivity index (χ2v) is 7.33. The minimum Gasteiger partial charge on any atom is -0.443 e. The maximum atomic E-state index is 5.74. The van der Waals surface area contributed by atoms with Gasteiger partial charge < -0.3 is 15.1 Å². The van der Waals surface area contributed by atoms with Crippen molar-refractivity contribution in [2.75, 3.05) is 7.05 Å². The lowest BCUT2D eigenvalue weighted by Gasteiger charge is -2.13. The highest BCUT2D eigenvalue weighted by Gasteiger charge is 2.19. The molecule has 0 unspecified atom stereocenters. The van der Waals surface area contributed by atoms with E-state index in [1.54, 1.807) is 24.6 Å². The van der Waals surface area contributed by atoms with Crippen molar-refractivity contribution in [3.63, 3.8) is 0 Å². The minimum absolute atomic E-state index is 0. The molecule has 0 aliphatic heterocycles. The van der Waals surface area contributed by atoms with E-state index in [9.17, 15) is 0 Å². The molecule has 2 aromatic rings. The Bertz CT molecular complexity index is 644. The molecule has 0 saturated carbocycles. The number of nitrogens with zero attached hydrogens (tertiary/aromatic N) is 3. The van der Waals surface area contributed by atoms with Crippen molar-refractivity contribution >= 4 is 41.3 Å². The summed E-state index contributed by atoms with van der Waals surface area (Å²) in [7, 11) is 1.73. The molecule has 0 spiro atoms. The number of aromatic nitrogens is 2. The molecule has 2 aromatic heterocycles. The molecule has 0 atom stereocenters. The highest BCUT2D eigenvalue weighted by atomic mass is 127. The van der Waals surface area contributed by atoms with Crippen molar-refractivity contribution in [3.05, 3.63) is 33.9 Å². The molecule has 128 valence electrons. The molecule has 0 aliphatic carbocycles. The fraction of sp³-hybridized carbons (Fsp3) is 0.533. The van der Waals surface area contributed by atoms with Gasteiger partial charge in [0.2, 0.25) is 5.89 Å². The van der Waals surface area contributed by atoms with Gasteiger partial charge in [-0.2, -0.15) is 0 Å². The van der Waals surface area contributed by atoms with Gasteiger partial charge in [-0.1, -0.05) is 20.8 Å². The monoisotopic (exact) mass is 449 g/mol. The minimum atomic E-state index is -0.0339. The first-order chi connectivity index (χ1) is 10.4. The fourth-order valence-corrected chi connectivity index (χ4v) is 2.49. The maximum absolute atomic E-state index is 5.74. The van der Waals surface area contributed by atoms with Gasteiger partial charge in [0.05, 0.1) is 19.3 Å². The van der Waals surface area contributed by atoms with Crippen LogP contribution in [0.25, 0.3) is 0 Å². The molecule has 0 radical (unpaired) electrons.